The van der Waals surface area contributed by atoms with Gasteiger partial charge in [0.25, 0.3) is 0 Å². The Balaban J connectivity index is 2.45. The molecule has 0 atom stereocenters. The lowest BCUT2D eigenvalue weighted by atomic mass is 10.2. The Morgan fingerprint density at radius 2 is 2.07 bits per heavy atom. The highest BCUT2D eigenvalue weighted by Gasteiger charge is 1.99. The molecule has 0 N–H and O–H groups in total. The fraction of sp³-hybridized carbons (Fsp3) is 0.455. The highest BCUT2D eigenvalue weighted by Crippen LogP contribution is 2.22. The maximum Gasteiger partial charge on any atom is 0.123 e. The van der Waals surface area contributed by atoms with Crippen molar-refractivity contribution in [3.63, 3.8) is 0 Å². The van der Waals surface area contributed by atoms with Crippen LogP contribution in [0.1, 0.15) is 12.5 Å². The molecule has 1 aromatic rings. The van der Waals surface area contributed by atoms with Gasteiger partial charge in [-0.05, 0) is 31.5 Å². The second kappa shape index (κ2) is 5.89. The lowest BCUT2D eigenvalue weighted by Gasteiger charge is -2.09. The number of hydrogen-bond acceptors (Lipinski definition) is 2. The van der Waals surface area contributed by atoms with Crippen molar-refractivity contribution in [2.24, 2.45) is 0 Å². The van der Waals surface area contributed by atoms with E-state index in [1.54, 1.807) is 0 Å². The van der Waals surface area contributed by atoms with Gasteiger partial charge in [-0.1, -0.05) is 17.7 Å². The largest absolute Gasteiger partial charge is 0.491 e. The standard InChI is InChI=1S/C11H15ClO2/c1-3-13-6-7-14-11-8-10(12)5-4-9(11)2/h4-5,8H,3,6-7H2,1-2H3. The summed E-state index contributed by atoms with van der Waals surface area (Å²) in [5.74, 6) is 0.831. The highest BCUT2D eigenvalue weighted by atomic mass is 35.5. The molecule has 1 rings (SSSR count). The number of aryl methyl sites for hydroxylation is 1. The van der Waals surface area contributed by atoms with Crippen molar-refractivity contribution in [1.82, 2.24) is 0 Å². The van der Waals surface area contributed by atoms with Gasteiger partial charge in [0.1, 0.15) is 12.4 Å². The average molecular weight is 215 g/mol. The monoisotopic (exact) mass is 214 g/mol. The van der Waals surface area contributed by atoms with Crippen molar-refractivity contribution in [1.29, 1.82) is 0 Å². The summed E-state index contributed by atoms with van der Waals surface area (Å²) in [5.41, 5.74) is 1.09. The Bertz CT molecular complexity index is 287. The summed E-state index contributed by atoms with van der Waals surface area (Å²) in [6, 6.07) is 5.62. The minimum atomic E-state index is 0.565. The molecule has 14 heavy (non-hydrogen) atoms. The molecule has 0 spiro atoms. The van der Waals surface area contributed by atoms with Gasteiger partial charge in [0.2, 0.25) is 0 Å². The third-order valence-electron chi connectivity index (χ3n) is 1.84. The Morgan fingerprint density at radius 1 is 1.29 bits per heavy atom. The van der Waals surface area contributed by atoms with Gasteiger partial charge >= 0.3 is 0 Å². The van der Waals surface area contributed by atoms with E-state index in [0.717, 1.165) is 17.9 Å². The van der Waals surface area contributed by atoms with Crippen LogP contribution in [-0.4, -0.2) is 19.8 Å². The summed E-state index contributed by atoms with van der Waals surface area (Å²) in [6.45, 7) is 5.85. The quantitative estimate of drug-likeness (QED) is 0.702. The number of benzene rings is 1. The highest BCUT2D eigenvalue weighted by molar-refractivity contribution is 6.30. The van der Waals surface area contributed by atoms with Gasteiger partial charge in [-0.15, -0.1) is 0 Å². The molecule has 3 heteroatoms. The normalized spacial score (nSPS) is 10.2. The summed E-state index contributed by atoms with van der Waals surface area (Å²) < 4.78 is 10.7. The number of ether oxygens (including phenoxy) is 2. The molecule has 0 aliphatic carbocycles. The predicted molar refractivity (Wildman–Crippen MR) is 58.2 cm³/mol. The van der Waals surface area contributed by atoms with E-state index in [0.29, 0.717) is 18.2 Å². The molecule has 2 nitrogen and oxygen atoms in total. The van der Waals surface area contributed by atoms with Gasteiger partial charge < -0.3 is 9.47 Å². The lowest BCUT2D eigenvalue weighted by Crippen LogP contribution is -2.06. The van der Waals surface area contributed by atoms with Crippen LogP contribution >= 0.6 is 11.6 Å². The molecule has 0 heterocycles. The number of halogens is 1. The maximum absolute atomic E-state index is 5.85. The van der Waals surface area contributed by atoms with Crippen LogP contribution in [0, 0.1) is 6.92 Å². The van der Waals surface area contributed by atoms with E-state index in [-0.39, 0.29) is 0 Å². The second-order valence-corrected chi connectivity index (χ2v) is 3.39. The molecule has 0 saturated carbocycles. The van der Waals surface area contributed by atoms with Crippen LogP contribution in [0.5, 0.6) is 5.75 Å². The van der Waals surface area contributed by atoms with E-state index in [2.05, 4.69) is 0 Å². The van der Waals surface area contributed by atoms with Crippen LogP contribution in [-0.2, 0) is 4.74 Å². The second-order valence-electron chi connectivity index (χ2n) is 2.96. The molecule has 0 aliphatic rings. The molecular formula is C11H15ClO2. The first kappa shape index (κ1) is 11.3. The molecule has 1 aromatic carbocycles. The van der Waals surface area contributed by atoms with Crippen LogP contribution in [0.25, 0.3) is 0 Å². The topological polar surface area (TPSA) is 18.5 Å². The third-order valence-corrected chi connectivity index (χ3v) is 2.07. The molecule has 0 bridgehead atoms. The molecule has 0 aliphatic heterocycles. The Kier molecular flexibility index (Phi) is 4.77. The van der Waals surface area contributed by atoms with Crippen LogP contribution in [0.4, 0.5) is 0 Å². The third kappa shape index (κ3) is 3.56. The van der Waals surface area contributed by atoms with E-state index in [1.165, 1.54) is 0 Å². The summed E-state index contributed by atoms with van der Waals surface area (Å²) >= 11 is 5.85. The molecule has 0 aromatic heterocycles. The first-order valence-corrected chi connectivity index (χ1v) is 5.08. The molecule has 0 radical (unpaired) electrons. The minimum absolute atomic E-state index is 0.565. The van der Waals surface area contributed by atoms with E-state index in [9.17, 15) is 0 Å². The van der Waals surface area contributed by atoms with Crippen molar-refractivity contribution < 1.29 is 9.47 Å². The maximum atomic E-state index is 5.85. The summed E-state index contributed by atoms with van der Waals surface area (Å²) in [5, 5.41) is 0.696. The first-order chi connectivity index (χ1) is 6.74. The van der Waals surface area contributed by atoms with E-state index in [1.807, 2.05) is 32.0 Å². The SMILES string of the molecule is CCOCCOc1cc(Cl)ccc1C. The zero-order valence-corrected chi connectivity index (χ0v) is 9.30. The Morgan fingerprint density at radius 3 is 2.79 bits per heavy atom. The number of rotatable bonds is 5. The van der Waals surface area contributed by atoms with Crippen LogP contribution in [0.3, 0.4) is 0 Å². The van der Waals surface area contributed by atoms with Crippen molar-refractivity contribution in [2.75, 3.05) is 19.8 Å². The number of hydrogen-bond donors (Lipinski definition) is 0. The van der Waals surface area contributed by atoms with E-state index in [4.69, 9.17) is 21.1 Å². The van der Waals surface area contributed by atoms with Crippen LogP contribution in [0.15, 0.2) is 18.2 Å². The Hall–Kier alpha value is -0.730. The summed E-state index contributed by atoms with van der Waals surface area (Å²) in [7, 11) is 0. The molecule has 0 fully saturated rings. The van der Waals surface area contributed by atoms with Gasteiger partial charge in [-0.2, -0.15) is 0 Å². The average Bonchev–Trinajstić information content (AvgIpc) is 2.18. The summed E-state index contributed by atoms with van der Waals surface area (Å²) in [4.78, 5) is 0. The predicted octanol–water partition coefficient (Wildman–Crippen LogP) is 3.06. The molecule has 0 saturated heterocycles. The van der Waals surface area contributed by atoms with Gasteiger partial charge in [-0.25, -0.2) is 0 Å². The lowest BCUT2D eigenvalue weighted by molar-refractivity contribution is 0.110. The van der Waals surface area contributed by atoms with Crippen molar-refractivity contribution in [3.8, 4) is 5.75 Å². The summed E-state index contributed by atoms with van der Waals surface area (Å²) in [6.07, 6.45) is 0. The minimum Gasteiger partial charge on any atom is -0.491 e. The molecule has 78 valence electrons. The zero-order valence-electron chi connectivity index (χ0n) is 8.55. The fourth-order valence-electron chi connectivity index (χ4n) is 1.08. The molecule has 0 amide bonds. The van der Waals surface area contributed by atoms with Crippen molar-refractivity contribution >= 4 is 11.6 Å². The van der Waals surface area contributed by atoms with E-state index >= 15 is 0 Å². The van der Waals surface area contributed by atoms with Gasteiger partial charge in [0, 0.05) is 11.6 Å². The molecular weight excluding hydrogens is 200 g/mol. The van der Waals surface area contributed by atoms with Crippen LogP contribution < -0.4 is 4.74 Å². The Labute approximate surface area is 89.8 Å². The van der Waals surface area contributed by atoms with Crippen LogP contribution in [0.2, 0.25) is 5.02 Å². The fourth-order valence-corrected chi connectivity index (χ4v) is 1.25. The van der Waals surface area contributed by atoms with Gasteiger partial charge in [0.15, 0.2) is 0 Å². The van der Waals surface area contributed by atoms with Crippen molar-refractivity contribution in [3.05, 3.63) is 28.8 Å². The first-order valence-electron chi connectivity index (χ1n) is 4.70. The zero-order chi connectivity index (χ0) is 10.4. The van der Waals surface area contributed by atoms with Crippen molar-refractivity contribution in [2.45, 2.75) is 13.8 Å². The van der Waals surface area contributed by atoms with Gasteiger partial charge in [-0.3, -0.25) is 0 Å². The van der Waals surface area contributed by atoms with E-state index < -0.39 is 0 Å². The van der Waals surface area contributed by atoms with Gasteiger partial charge in [0.05, 0.1) is 6.61 Å². The molecule has 0 unspecified atom stereocenters. The smallest absolute Gasteiger partial charge is 0.123 e.